The Morgan fingerprint density at radius 3 is 1.93 bits per heavy atom. The van der Waals surface area contributed by atoms with Gasteiger partial charge in [0.05, 0.1) is 41.6 Å². The SMILES string of the molecule is COc1ccc(C(c2cc(OC)c(OC)c(OC)c2)N2CCCNCC2)cc1OC. The zero-order chi connectivity index (χ0) is 21.5. The predicted octanol–water partition coefficient (Wildman–Crippen LogP) is 3.11. The van der Waals surface area contributed by atoms with Crippen LogP contribution in [0.3, 0.4) is 0 Å². The van der Waals surface area contributed by atoms with Crippen LogP contribution in [-0.4, -0.2) is 66.6 Å². The molecule has 1 fully saturated rings. The predicted molar refractivity (Wildman–Crippen MR) is 117 cm³/mol. The summed E-state index contributed by atoms with van der Waals surface area (Å²) in [6, 6.07) is 10.1. The molecule has 1 aliphatic rings. The number of rotatable bonds is 8. The van der Waals surface area contributed by atoms with Crippen molar-refractivity contribution in [3.63, 3.8) is 0 Å². The molecule has 164 valence electrons. The van der Waals surface area contributed by atoms with Crippen LogP contribution >= 0.6 is 0 Å². The maximum Gasteiger partial charge on any atom is 0.203 e. The molecule has 0 aliphatic carbocycles. The van der Waals surface area contributed by atoms with E-state index in [1.165, 1.54) is 0 Å². The van der Waals surface area contributed by atoms with Crippen molar-refractivity contribution in [2.45, 2.75) is 12.5 Å². The lowest BCUT2D eigenvalue weighted by Gasteiger charge is -2.32. The number of nitrogens with one attached hydrogen (secondary N) is 1. The second-order valence-corrected chi connectivity index (χ2v) is 7.12. The molecule has 7 nitrogen and oxygen atoms in total. The summed E-state index contributed by atoms with van der Waals surface area (Å²) in [4.78, 5) is 2.47. The van der Waals surface area contributed by atoms with Crippen LogP contribution in [0.25, 0.3) is 0 Å². The van der Waals surface area contributed by atoms with Gasteiger partial charge < -0.3 is 29.0 Å². The van der Waals surface area contributed by atoms with Gasteiger partial charge in [0.1, 0.15) is 0 Å². The molecule has 0 spiro atoms. The lowest BCUT2D eigenvalue weighted by Crippen LogP contribution is -2.33. The van der Waals surface area contributed by atoms with Crippen molar-refractivity contribution in [3.05, 3.63) is 41.5 Å². The molecule has 1 aliphatic heterocycles. The second-order valence-electron chi connectivity index (χ2n) is 7.12. The van der Waals surface area contributed by atoms with E-state index in [1.54, 1.807) is 35.5 Å². The van der Waals surface area contributed by atoms with Crippen molar-refractivity contribution >= 4 is 0 Å². The highest BCUT2D eigenvalue weighted by Gasteiger charge is 2.27. The summed E-state index contributed by atoms with van der Waals surface area (Å²) in [6.45, 7) is 3.86. The van der Waals surface area contributed by atoms with Gasteiger partial charge in [-0.15, -0.1) is 0 Å². The van der Waals surface area contributed by atoms with Crippen molar-refractivity contribution in [1.82, 2.24) is 10.2 Å². The highest BCUT2D eigenvalue weighted by molar-refractivity contribution is 5.56. The Labute approximate surface area is 178 Å². The van der Waals surface area contributed by atoms with E-state index < -0.39 is 0 Å². The number of hydrogen-bond donors (Lipinski definition) is 1. The fourth-order valence-electron chi connectivity index (χ4n) is 4.02. The zero-order valence-corrected chi connectivity index (χ0v) is 18.5. The van der Waals surface area contributed by atoms with Gasteiger partial charge in [-0.1, -0.05) is 6.07 Å². The summed E-state index contributed by atoms with van der Waals surface area (Å²) >= 11 is 0. The summed E-state index contributed by atoms with van der Waals surface area (Å²) in [5, 5.41) is 3.48. The first-order valence-corrected chi connectivity index (χ1v) is 10.1. The highest BCUT2D eigenvalue weighted by Crippen LogP contribution is 2.43. The summed E-state index contributed by atoms with van der Waals surface area (Å²) in [5.74, 6) is 3.30. The van der Waals surface area contributed by atoms with Crippen LogP contribution in [0.1, 0.15) is 23.6 Å². The van der Waals surface area contributed by atoms with Crippen LogP contribution in [0.2, 0.25) is 0 Å². The molecule has 3 rings (SSSR count). The Kier molecular flexibility index (Phi) is 7.65. The minimum atomic E-state index is -0.00147. The number of ether oxygens (including phenoxy) is 5. The number of hydrogen-bond acceptors (Lipinski definition) is 7. The molecule has 1 N–H and O–H groups in total. The molecule has 0 amide bonds. The van der Waals surface area contributed by atoms with Gasteiger partial charge in [0.15, 0.2) is 23.0 Å². The maximum atomic E-state index is 5.62. The number of methoxy groups -OCH3 is 5. The van der Waals surface area contributed by atoms with Crippen LogP contribution in [0.15, 0.2) is 30.3 Å². The van der Waals surface area contributed by atoms with Crippen molar-refractivity contribution < 1.29 is 23.7 Å². The number of benzene rings is 2. The van der Waals surface area contributed by atoms with Gasteiger partial charge in [-0.2, -0.15) is 0 Å². The van der Waals surface area contributed by atoms with E-state index in [9.17, 15) is 0 Å². The lowest BCUT2D eigenvalue weighted by molar-refractivity contribution is 0.238. The molecule has 30 heavy (non-hydrogen) atoms. The third-order valence-electron chi connectivity index (χ3n) is 5.47. The van der Waals surface area contributed by atoms with E-state index in [1.807, 2.05) is 24.3 Å². The standard InChI is InChI=1S/C23H32N2O5/c1-26-18-8-7-16(13-19(18)27-2)22(25-11-6-9-24-10-12-25)17-14-20(28-3)23(30-5)21(15-17)29-4/h7-8,13-15,22,24H,6,9-12H2,1-5H3. The molecule has 1 saturated heterocycles. The molecule has 0 radical (unpaired) electrons. The normalized spacial score (nSPS) is 15.8. The zero-order valence-electron chi connectivity index (χ0n) is 18.5. The van der Waals surface area contributed by atoms with Crippen LogP contribution in [0.5, 0.6) is 28.7 Å². The van der Waals surface area contributed by atoms with Crippen molar-refractivity contribution in [3.8, 4) is 28.7 Å². The van der Waals surface area contributed by atoms with Gasteiger partial charge in [-0.05, 0) is 48.4 Å². The van der Waals surface area contributed by atoms with Gasteiger partial charge in [0.2, 0.25) is 5.75 Å². The minimum absolute atomic E-state index is 0.00147. The lowest BCUT2D eigenvalue weighted by atomic mass is 9.95. The summed E-state index contributed by atoms with van der Waals surface area (Å²) in [6.07, 6.45) is 1.08. The van der Waals surface area contributed by atoms with E-state index in [-0.39, 0.29) is 6.04 Å². The average molecular weight is 417 g/mol. The molecule has 0 aromatic heterocycles. The molecule has 1 atom stereocenters. The second kappa shape index (κ2) is 10.4. The quantitative estimate of drug-likeness (QED) is 0.709. The Morgan fingerprint density at radius 2 is 1.33 bits per heavy atom. The molecule has 2 aromatic carbocycles. The molecule has 2 aromatic rings. The summed E-state index contributed by atoms with van der Waals surface area (Å²) in [7, 11) is 8.21. The van der Waals surface area contributed by atoms with Gasteiger partial charge in [0.25, 0.3) is 0 Å². The first-order valence-electron chi connectivity index (χ1n) is 10.1. The van der Waals surface area contributed by atoms with E-state index >= 15 is 0 Å². The maximum absolute atomic E-state index is 5.62. The summed E-state index contributed by atoms with van der Waals surface area (Å²) in [5.41, 5.74) is 2.18. The third-order valence-corrected chi connectivity index (χ3v) is 5.47. The van der Waals surface area contributed by atoms with Crippen LogP contribution in [-0.2, 0) is 0 Å². The highest BCUT2D eigenvalue weighted by atomic mass is 16.5. The Morgan fingerprint density at radius 1 is 0.700 bits per heavy atom. The average Bonchev–Trinajstić information content (AvgIpc) is 3.07. The number of nitrogens with zero attached hydrogens (tertiary/aromatic N) is 1. The summed E-state index contributed by atoms with van der Waals surface area (Å²) < 4.78 is 27.8. The van der Waals surface area contributed by atoms with Gasteiger partial charge in [-0.25, -0.2) is 0 Å². The molecule has 0 bridgehead atoms. The van der Waals surface area contributed by atoms with Crippen molar-refractivity contribution in [2.24, 2.45) is 0 Å². The van der Waals surface area contributed by atoms with E-state index in [0.717, 1.165) is 43.7 Å². The fourth-order valence-corrected chi connectivity index (χ4v) is 4.02. The molecular weight excluding hydrogens is 384 g/mol. The first-order chi connectivity index (χ1) is 14.7. The van der Waals surface area contributed by atoms with Gasteiger partial charge in [0, 0.05) is 19.6 Å². The third kappa shape index (κ3) is 4.57. The molecule has 7 heteroatoms. The van der Waals surface area contributed by atoms with Crippen LogP contribution < -0.4 is 29.0 Å². The smallest absolute Gasteiger partial charge is 0.203 e. The van der Waals surface area contributed by atoms with Crippen LogP contribution in [0.4, 0.5) is 0 Å². The van der Waals surface area contributed by atoms with Gasteiger partial charge in [-0.3, -0.25) is 4.90 Å². The molecule has 1 unspecified atom stereocenters. The first kappa shape index (κ1) is 22.1. The largest absolute Gasteiger partial charge is 0.493 e. The van der Waals surface area contributed by atoms with E-state index in [4.69, 9.17) is 23.7 Å². The van der Waals surface area contributed by atoms with E-state index in [0.29, 0.717) is 28.7 Å². The Hall–Kier alpha value is -2.64. The van der Waals surface area contributed by atoms with E-state index in [2.05, 4.69) is 16.3 Å². The topological polar surface area (TPSA) is 61.4 Å². The monoisotopic (exact) mass is 416 g/mol. The van der Waals surface area contributed by atoms with Crippen molar-refractivity contribution in [1.29, 1.82) is 0 Å². The minimum Gasteiger partial charge on any atom is -0.493 e. The van der Waals surface area contributed by atoms with Gasteiger partial charge >= 0.3 is 0 Å². The molecular formula is C23H32N2O5. The van der Waals surface area contributed by atoms with Crippen molar-refractivity contribution in [2.75, 3.05) is 61.7 Å². The fraction of sp³-hybridized carbons (Fsp3) is 0.478. The molecule has 0 saturated carbocycles. The Bertz CT molecular complexity index is 809. The molecule has 1 heterocycles. The van der Waals surface area contributed by atoms with Crippen LogP contribution in [0, 0.1) is 0 Å². The Balaban J connectivity index is 2.15.